The number of nitrogens with zero attached hydrogens (tertiary/aromatic N) is 3. The van der Waals surface area contributed by atoms with E-state index in [0.717, 1.165) is 6.54 Å². The minimum Gasteiger partial charge on any atom is -0.328 e. The predicted octanol–water partition coefficient (Wildman–Crippen LogP) is 1.26. The third kappa shape index (κ3) is 2.11. The fraction of sp³-hybridized carbons (Fsp3) is 0.769. The average molecular weight is 234 g/mol. The summed E-state index contributed by atoms with van der Waals surface area (Å²) in [5.74, 6) is 0. The molecule has 2 aliphatic heterocycles. The topological polar surface area (TPSA) is 47.1 Å². The summed E-state index contributed by atoms with van der Waals surface area (Å²) in [4.78, 5) is 2.67. The molecule has 0 spiro atoms. The molecule has 2 bridgehead atoms. The molecular weight excluding hydrogens is 212 g/mol. The molecule has 2 saturated heterocycles. The van der Waals surface area contributed by atoms with Gasteiger partial charge in [-0.05, 0) is 31.7 Å². The summed E-state index contributed by atoms with van der Waals surface area (Å²) in [6.45, 7) is 1.04. The molecule has 0 saturated carbocycles. The second-order valence-electron chi connectivity index (χ2n) is 5.59. The molecule has 2 fully saturated rings. The lowest BCUT2D eigenvalue weighted by Gasteiger charge is -2.48. The highest BCUT2D eigenvalue weighted by Gasteiger charge is 2.37. The molecule has 2 aliphatic rings. The Morgan fingerprint density at radius 2 is 2.06 bits per heavy atom. The van der Waals surface area contributed by atoms with Crippen molar-refractivity contribution in [3.8, 4) is 0 Å². The third-order valence-corrected chi connectivity index (χ3v) is 4.43. The van der Waals surface area contributed by atoms with E-state index in [0.29, 0.717) is 18.1 Å². The summed E-state index contributed by atoms with van der Waals surface area (Å²) in [5.41, 5.74) is 7.46. The molecule has 0 amide bonds. The number of aromatic nitrogens is 2. The first-order valence-corrected chi connectivity index (χ1v) is 6.72. The van der Waals surface area contributed by atoms with Crippen molar-refractivity contribution >= 4 is 0 Å². The number of nitrogens with two attached hydrogens (primary N) is 1. The summed E-state index contributed by atoms with van der Waals surface area (Å²) in [7, 11) is 2.03. The quantitative estimate of drug-likeness (QED) is 0.838. The summed E-state index contributed by atoms with van der Waals surface area (Å²) < 4.78 is 1.99. The number of hydrogen-bond donors (Lipinski definition) is 1. The van der Waals surface area contributed by atoms with Crippen molar-refractivity contribution in [1.29, 1.82) is 0 Å². The van der Waals surface area contributed by atoms with Gasteiger partial charge in [0.15, 0.2) is 0 Å². The normalized spacial score (nSPS) is 33.9. The lowest BCUT2D eigenvalue weighted by Crippen LogP contribution is -2.54. The predicted molar refractivity (Wildman–Crippen MR) is 67.4 cm³/mol. The molecule has 2 atom stereocenters. The van der Waals surface area contributed by atoms with Gasteiger partial charge in [-0.2, -0.15) is 5.10 Å². The summed E-state index contributed by atoms with van der Waals surface area (Å²) >= 11 is 0. The van der Waals surface area contributed by atoms with Crippen LogP contribution >= 0.6 is 0 Å². The molecular formula is C13H22N4. The first kappa shape index (κ1) is 11.2. The Kier molecular flexibility index (Phi) is 2.92. The molecule has 17 heavy (non-hydrogen) atoms. The molecule has 2 unspecified atom stereocenters. The zero-order valence-electron chi connectivity index (χ0n) is 10.5. The molecule has 1 aromatic rings. The molecule has 3 rings (SSSR count). The van der Waals surface area contributed by atoms with Gasteiger partial charge in [0.25, 0.3) is 0 Å². The molecule has 0 aromatic carbocycles. The highest BCUT2D eigenvalue weighted by molar-refractivity contribution is 5.03. The Morgan fingerprint density at radius 3 is 2.65 bits per heavy atom. The van der Waals surface area contributed by atoms with Crippen LogP contribution < -0.4 is 5.73 Å². The monoisotopic (exact) mass is 234 g/mol. The summed E-state index contributed by atoms with van der Waals surface area (Å²) in [6.07, 6.45) is 8.26. The number of aryl methyl sites for hydroxylation is 1. The van der Waals surface area contributed by atoms with Gasteiger partial charge >= 0.3 is 0 Å². The largest absolute Gasteiger partial charge is 0.328 e. The number of piperidine rings is 2. The van der Waals surface area contributed by atoms with E-state index in [1.54, 1.807) is 0 Å². The van der Waals surface area contributed by atoms with Crippen molar-refractivity contribution < 1.29 is 0 Å². The van der Waals surface area contributed by atoms with Crippen molar-refractivity contribution in [2.24, 2.45) is 12.8 Å². The van der Waals surface area contributed by atoms with Gasteiger partial charge in [0, 0.05) is 37.9 Å². The van der Waals surface area contributed by atoms with Gasteiger partial charge in [-0.3, -0.25) is 9.58 Å². The Hall–Kier alpha value is -0.870. The highest BCUT2D eigenvalue weighted by Crippen LogP contribution is 2.34. The highest BCUT2D eigenvalue weighted by atomic mass is 15.3. The molecule has 2 N–H and O–H groups in total. The van der Waals surface area contributed by atoms with Crippen LogP contribution in [0.25, 0.3) is 0 Å². The molecule has 94 valence electrons. The summed E-state index contributed by atoms with van der Waals surface area (Å²) in [6, 6.07) is 3.96. The second kappa shape index (κ2) is 4.42. The molecule has 0 aliphatic carbocycles. The zero-order chi connectivity index (χ0) is 11.8. The van der Waals surface area contributed by atoms with Crippen molar-refractivity contribution in [1.82, 2.24) is 14.7 Å². The van der Waals surface area contributed by atoms with Crippen molar-refractivity contribution in [3.05, 3.63) is 18.0 Å². The van der Waals surface area contributed by atoms with Crippen LogP contribution in [0.15, 0.2) is 12.3 Å². The minimum absolute atomic E-state index is 0.424. The van der Waals surface area contributed by atoms with Crippen LogP contribution in [-0.4, -0.2) is 32.8 Å². The van der Waals surface area contributed by atoms with Gasteiger partial charge in [-0.25, -0.2) is 0 Å². The van der Waals surface area contributed by atoms with Crippen molar-refractivity contribution in [2.75, 3.05) is 0 Å². The van der Waals surface area contributed by atoms with E-state index in [9.17, 15) is 0 Å². The van der Waals surface area contributed by atoms with Crippen molar-refractivity contribution in [2.45, 2.75) is 56.8 Å². The maximum absolute atomic E-state index is 6.15. The third-order valence-electron chi connectivity index (χ3n) is 4.43. The second-order valence-corrected chi connectivity index (χ2v) is 5.59. The van der Waals surface area contributed by atoms with E-state index in [4.69, 9.17) is 5.73 Å². The van der Waals surface area contributed by atoms with E-state index >= 15 is 0 Å². The first-order chi connectivity index (χ1) is 8.24. The molecule has 3 heterocycles. The standard InChI is InChI=1S/C13H22N4/c1-16-13(5-6-15-16)9-17-11-3-2-4-12(17)8-10(14)7-11/h5-6,10-12H,2-4,7-9,14H2,1H3. The van der Waals surface area contributed by atoms with Crippen LogP contribution in [0.2, 0.25) is 0 Å². The van der Waals surface area contributed by atoms with Gasteiger partial charge in [-0.15, -0.1) is 0 Å². The lowest BCUT2D eigenvalue weighted by atomic mass is 9.82. The van der Waals surface area contributed by atoms with Gasteiger partial charge in [0.05, 0.1) is 5.69 Å². The number of fused-ring (bicyclic) bond motifs is 2. The average Bonchev–Trinajstić information content (AvgIpc) is 2.66. The van der Waals surface area contributed by atoms with Crippen LogP contribution in [0.4, 0.5) is 0 Å². The van der Waals surface area contributed by atoms with Crippen LogP contribution in [-0.2, 0) is 13.6 Å². The minimum atomic E-state index is 0.424. The van der Waals surface area contributed by atoms with E-state index < -0.39 is 0 Å². The fourth-order valence-corrected chi connectivity index (χ4v) is 3.52. The van der Waals surface area contributed by atoms with E-state index in [1.807, 2.05) is 17.9 Å². The summed E-state index contributed by atoms with van der Waals surface area (Å²) in [5, 5.41) is 4.26. The van der Waals surface area contributed by atoms with E-state index in [-0.39, 0.29) is 0 Å². The molecule has 1 aromatic heterocycles. The van der Waals surface area contributed by atoms with Crippen molar-refractivity contribution in [3.63, 3.8) is 0 Å². The maximum Gasteiger partial charge on any atom is 0.0521 e. The zero-order valence-corrected chi connectivity index (χ0v) is 10.5. The van der Waals surface area contributed by atoms with Gasteiger partial charge < -0.3 is 5.73 Å². The SMILES string of the molecule is Cn1nccc1CN1C2CCCC1CC(N)C2. The first-order valence-electron chi connectivity index (χ1n) is 6.72. The van der Waals surface area contributed by atoms with Crippen LogP contribution in [0.5, 0.6) is 0 Å². The Bertz CT molecular complexity index is 373. The number of rotatable bonds is 2. The van der Waals surface area contributed by atoms with Gasteiger partial charge in [-0.1, -0.05) is 6.42 Å². The fourth-order valence-electron chi connectivity index (χ4n) is 3.52. The van der Waals surface area contributed by atoms with Crippen LogP contribution in [0.1, 0.15) is 37.8 Å². The van der Waals surface area contributed by atoms with Crippen LogP contribution in [0, 0.1) is 0 Å². The smallest absolute Gasteiger partial charge is 0.0521 e. The molecule has 0 radical (unpaired) electrons. The van der Waals surface area contributed by atoms with E-state index in [1.165, 1.54) is 37.8 Å². The Labute approximate surface area is 103 Å². The van der Waals surface area contributed by atoms with Gasteiger partial charge in [0.1, 0.15) is 0 Å². The van der Waals surface area contributed by atoms with E-state index in [2.05, 4.69) is 16.1 Å². The van der Waals surface area contributed by atoms with Crippen LogP contribution in [0.3, 0.4) is 0 Å². The lowest BCUT2D eigenvalue weighted by molar-refractivity contribution is 0.0226. The Morgan fingerprint density at radius 1 is 1.35 bits per heavy atom. The molecule has 4 nitrogen and oxygen atoms in total. The molecule has 4 heteroatoms. The Balaban J connectivity index is 1.76. The maximum atomic E-state index is 6.15. The number of hydrogen-bond acceptors (Lipinski definition) is 3. The van der Waals surface area contributed by atoms with Gasteiger partial charge in [0.2, 0.25) is 0 Å².